The van der Waals surface area contributed by atoms with Gasteiger partial charge >= 0.3 is 0 Å². The normalized spacial score (nSPS) is 18.3. The maximum absolute atomic E-state index is 6.49. The van der Waals surface area contributed by atoms with Crippen LogP contribution in [0, 0.1) is 0 Å². The number of nitrogens with zero attached hydrogens (tertiary/aromatic N) is 2. The number of hydrogen-bond donors (Lipinski definition) is 0. The van der Waals surface area contributed by atoms with Crippen LogP contribution in [0.1, 0.15) is 74.9 Å². The molecule has 2 aliphatic rings. The van der Waals surface area contributed by atoms with Crippen molar-refractivity contribution < 1.29 is 14.2 Å². The first-order chi connectivity index (χ1) is 17.3. The molecule has 5 heteroatoms. The molecule has 35 heavy (non-hydrogen) atoms. The summed E-state index contributed by atoms with van der Waals surface area (Å²) in [5.41, 5.74) is 4.44. The first kappa shape index (κ1) is 23.3. The molecule has 3 aromatic carbocycles. The molecule has 0 N–H and O–H groups in total. The largest absolute Gasteiger partial charge is 0.494 e. The second-order valence-corrected chi connectivity index (χ2v) is 9.15. The molecule has 182 valence electrons. The summed E-state index contributed by atoms with van der Waals surface area (Å²) in [5, 5.41) is 7.20. The van der Waals surface area contributed by atoms with E-state index in [0.29, 0.717) is 0 Å². The molecule has 0 unspecified atom stereocenters. The summed E-state index contributed by atoms with van der Waals surface area (Å²) in [6.45, 7) is 5.84. The zero-order valence-corrected chi connectivity index (χ0v) is 20.7. The fourth-order valence-corrected chi connectivity index (χ4v) is 4.57. The van der Waals surface area contributed by atoms with Crippen LogP contribution in [-0.2, 0) is 0 Å². The SMILES string of the molecule is CCCCOc1ccc(C2=NN3[C@H](C2)c2ccccc2O[C@@H]3c2ccc(OCCCC)cc2)cc1. The Kier molecular flexibility index (Phi) is 7.22. The number of hydrogen-bond acceptors (Lipinski definition) is 5. The van der Waals surface area contributed by atoms with E-state index in [1.54, 1.807) is 0 Å². The van der Waals surface area contributed by atoms with Crippen LogP contribution in [0.5, 0.6) is 17.2 Å². The van der Waals surface area contributed by atoms with Gasteiger partial charge in [0.2, 0.25) is 6.23 Å². The van der Waals surface area contributed by atoms with E-state index in [2.05, 4.69) is 61.3 Å². The summed E-state index contributed by atoms with van der Waals surface area (Å²) in [7, 11) is 0. The third kappa shape index (κ3) is 5.14. The van der Waals surface area contributed by atoms with Crippen LogP contribution in [-0.4, -0.2) is 23.9 Å². The van der Waals surface area contributed by atoms with Gasteiger partial charge < -0.3 is 14.2 Å². The van der Waals surface area contributed by atoms with E-state index in [4.69, 9.17) is 19.3 Å². The summed E-state index contributed by atoms with van der Waals surface area (Å²) in [5.74, 6) is 2.73. The molecule has 0 saturated carbocycles. The van der Waals surface area contributed by atoms with Crippen LogP contribution in [0.2, 0.25) is 0 Å². The van der Waals surface area contributed by atoms with E-state index in [1.165, 1.54) is 5.56 Å². The highest BCUT2D eigenvalue weighted by molar-refractivity contribution is 6.02. The Bertz CT molecular complexity index is 1140. The van der Waals surface area contributed by atoms with Gasteiger partial charge in [0.1, 0.15) is 17.2 Å². The Balaban J connectivity index is 1.38. The zero-order valence-electron chi connectivity index (χ0n) is 20.7. The molecule has 0 aliphatic carbocycles. The van der Waals surface area contributed by atoms with E-state index in [9.17, 15) is 0 Å². The van der Waals surface area contributed by atoms with Crippen LogP contribution in [0.3, 0.4) is 0 Å². The maximum atomic E-state index is 6.49. The number of hydrazone groups is 1. The average molecular weight is 471 g/mol. The minimum Gasteiger partial charge on any atom is -0.494 e. The van der Waals surface area contributed by atoms with Gasteiger partial charge in [-0.2, -0.15) is 5.10 Å². The van der Waals surface area contributed by atoms with Crippen LogP contribution >= 0.6 is 0 Å². The second kappa shape index (κ2) is 10.9. The van der Waals surface area contributed by atoms with Crippen LogP contribution in [0.15, 0.2) is 77.9 Å². The lowest BCUT2D eigenvalue weighted by molar-refractivity contribution is -0.0190. The van der Waals surface area contributed by atoms with Gasteiger partial charge in [0.25, 0.3) is 0 Å². The van der Waals surface area contributed by atoms with Crippen molar-refractivity contribution in [2.24, 2.45) is 5.10 Å². The molecule has 3 aromatic rings. The topological polar surface area (TPSA) is 43.3 Å². The number of para-hydroxylation sites is 1. The summed E-state index contributed by atoms with van der Waals surface area (Å²) in [6.07, 6.45) is 4.93. The smallest absolute Gasteiger partial charge is 0.213 e. The van der Waals surface area contributed by atoms with Gasteiger partial charge in [-0.1, -0.05) is 44.9 Å². The summed E-state index contributed by atoms with van der Waals surface area (Å²) >= 11 is 0. The van der Waals surface area contributed by atoms with Gasteiger partial charge in [-0.25, -0.2) is 5.01 Å². The van der Waals surface area contributed by atoms with Crippen molar-refractivity contribution in [3.63, 3.8) is 0 Å². The third-order valence-corrected chi connectivity index (χ3v) is 6.59. The minimum atomic E-state index is -0.284. The van der Waals surface area contributed by atoms with E-state index in [-0.39, 0.29) is 12.3 Å². The Morgan fingerprint density at radius 2 is 1.46 bits per heavy atom. The Hall–Kier alpha value is -3.47. The molecular formula is C30H34N2O3. The highest BCUT2D eigenvalue weighted by Gasteiger charge is 2.40. The van der Waals surface area contributed by atoms with E-state index < -0.39 is 0 Å². The Morgan fingerprint density at radius 3 is 2.11 bits per heavy atom. The number of unbranched alkanes of at least 4 members (excludes halogenated alkanes) is 2. The molecule has 0 fully saturated rings. The zero-order chi connectivity index (χ0) is 24.0. The van der Waals surface area contributed by atoms with Crippen LogP contribution < -0.4 is 14.2 Å². The fourth-order valence-electron chi connectivity index (χ4n) is 4.57. The highest BCUT2D eigenvalue weighted by Crippen LogP contribution is 2.47. The van der Waals surface area contributed by atoms with Crippen molar-refractivity contribution in [2.45, 2.75) is 58.2 Å². The minimum absolute atomic E-state index is 0.140. The predicted octanol–water partition coefficient (Wildman–Crippen LogP) is 7.29. The van der Waals surface area contributed by atoms with E-state index >= 15 is 0 Å². The molecule has 2 heterocycles. The number of fused-ring (bicyclic) bond motifs is 3. The molecule has 0 bridgehead atoms. The van der Waals surface area contributed by atoms with E-state index in [0.717, 1.165) is 79.4 Å². The molecule has 0 saturated heterocycles. The quantitative estimate of drug-likeness (QED) is 0.292. The molecule has 2 aliphatic heterocycles. The summed E-state index contributed by atoms with van der Waals surface area (Å²) < 4.78 is 18.2. The molecule has 5 rings (SSSR count). The van der Waals surface area contributed by atoms with Crippen molar-refractivity contribution in [3.8, 4) is 17.2 Å². The van der Waals surface area contributed by atoms with Crippen LogP contribution in [0.4, 0.5) is 0 Å². The molecule has 2 atom stereocenters. The summed E-state index contributed by atoms with van der Waals surface area (Å²) in [4.78, 5) is 0. The predicted molar refractivity (Wildman–Crippen MR) is 139 cm³/mol. The average Bonchev–Trinajstić information content (AvgIpc) is 3.35. The fraction of sp³-hybridized carbons (Fsp3) is 0.367. The van der Waals surface area contributed by atoms with Gasteiger partial charge in [0.05, 0.1) is 25.0 Å². The second-order valence-electron chi connectivity index (χ2n) is 9.15. The Morgan fingerprint density at radius 1 is 0.829 bits per heavy atom. The molecular weight excluding hydrogens is 436 g/mol. The number of ether oxygens (including phenoxy) is 3. The lowest BCUT2D eigenvalue weighted by atomic mass is 9.96. The highest BCUT2D eigenvalue weighted by atomic mass is 16.5. The Labute approximate surface area is 208 Å². The molecule has 5 nitrogen and oxygen atoms in total. The monoisotopic (exact) mass is 470 g/mol. The molecule has 0 radical (unpaired) electrons. The number of rotatable bonds is 10. The van der Waals surface area contributed by atoms with Crippen molar-refractivity contribution in [1.29, 1.82) is 0 Å². The van der Waals surface area contributed by atoms with Gasteiger partial charge in [0, 0.05) is 17.5 Å². The van der Waals surface area contributed by atoms with Crippen molar-refractivity contribution in [1.82, 2.24) is 5.01 Å². The van der Waals surface area contributed by atoms with Crippen molar-refractivity contribution in [3.05, 3.63) is 89.5 Å². The third-order valence-electron chi connectivity index (χ3n) is 6.59. The standard InChI is InChI=1S/C30H34N2O3/c1-3-5-19-33-24-15-11-22(12-16-24)27-21-28-26-9-7-8-10-29(26)35-30(32(28)31-27)23-13-17-25(18-14-23)34-20-6-4-2/h7-18,28,30H,3-6,19-21H2,1-2H3/t28-,30-/m1/s1. The van der Waals surface area contributed by atoms with E-state index in [1.807, 2.05) is 30.3 Å². The molecule has 0 spiro atoms. The van der Waals surface area contributed by atoms with Crippen LogP contribution in [0.25, 0.3) is 0 Å². The van der Waals surface area contributed by atoms with Gasteiger partial charge in [0.15, 0.2) is 0 Å². The molecule has 0 aromatic heterocycles. The molecule has 0 amide bonds. The van der Waals surface area contributed by atoms with Crippen molar-refractivity contribution >= 4 is 5.71 Å². The lowest BCUT2D eigenvalue weighted by Gasteiger charge is -2.38. The number of benzene rings is 3. The van der Waals surface area contributed by atoms with Crippen molar-refractivity contribution in [2.75, 3.05) is 13.2 Å². The summed E-state index contributed by atoms with van der Waals surface area (Å²) in [6, 6.07) is 25.0. The van der Waals surface area contributed by atoms with Gasteiger partial charge in [-0.3, -0.25) is 0 Å². The maximum Gasteiger partial charge on any atom is 0.213 e. The first-order valence-corrected chi connectivity index (χ1v) is 12.8. The van der Waals surface area contributed by atoms with Gasteiger partial charge in [-0.05, 0) is 73.0 Å². The lowest BCUT2D eigenvalue weighted by Crippen LogP contribution is -2.33. The van der Waals surface area contributed by atoms with Gasteiger partial charge in [-0.15, -0.1) is 0 Å². The first-order valence-electron chi connectivity index (χ1n) is 12.8.